The molecule has 0 spiro atoms. The molecule has 158 valence electrons. The predicted molar refractivity (Wildman–Crippen MR) is 109 cm³/mol. The van der Waals surface area contributed by atoms with Crippen molar-refractivity contribution in [3.05, 3.63) is 77.2 Å². The van der Waals surface area contributed by atoms with Gasteiger partial charge in [-0.15, -0.1) is 0 Å². The molecule has 0 bridgehead atoms. The summed E-state index contributed by atoms with van der Waals surface area (Å²) in [7, 11) is 0. The number of rotatable bonds is 6. The number of piperidine rings is 1. The number of nitriles is 1. The van der Waals surface area contributed by atoms with Crippen LogP contribution in [0.4, 0.5) is 4.39 Å². The van der Waals surface area contributed by atoms with Gasteiger partial charge >= 0.3 is 0 Å². The topological polar surface area (TPSA) is 92.2 Å². The molecule has 1 amide bonds. The Balaban J connectivity index is 1.34. The number of carbonyl (C=O) groups is 1. The van der Waals surface area contributed by atoms with E-state index in [1.54, 1.807) is 41.3 Å². The minimum atomic E-state index is -0.312. The first-order chi connectivity index (χ1) is 15.1. The number of likely N-dealkylation sites (tertiary alicyclic amines) is 1. The van der Waals surface area contributed by atoms with Crippen LogP contribution >= 0.6 is 0 Å². The lowest BCUT2D eigenvalue weighted by Gasteiger charge is -2.31. The van der Waals surface area contributed by atoms with Crippen LogP contribution < -0.4 is 4.74 Å². The molecule has 1 saturated heterocycles. The van der Waals surface area contributed by atoms with Crippen molar-refractivity contribution in [2.45, 2.75) is 25.2 Å². The van der Waals surface area contributed by atoms with E-state index in [1.165, 1.54) is 12.1 Å². The van der Waals surface area contributed by atoms with Crippen LogP contribution in [-0.4, -0.2) is 40.6 Å². The van der Waals surface area contributed by atoms with Gasteiger partial charge in [-0.25, -0.2) is 4.39 Å². The van der Waals surface area contributed by atoms with Gasteiger partial charge in [0.25, 0.3) is 5.91 Å². The van der Waals surface area contributed by atoms with Gasteiger partial charge in [-0.05, 0) is 55.3 Å². The highest BCUT2D eigenvalue weighted by Crippen LogP contribution is 2.27. The third-order valence-electron chi connectivity index (χ3n) is 5.19. The van der Waals surface area contributed by atoms with Crippen molar-refractivity contribution in [3.8, 4) is 11.8 Å². The number of amides is 1. The summed E-state index contributed by atoms with van der Waals surface area (Å²) >= 11 is 0. The highest BCUT2D eigenvalue weighted by atomic mass is 19.1. The molecule has 1 aromatic heterocycles. The molecular weight excluding hydrogens is 399 g/mol. The van der Waals surface area contributed by atoms with E-state index in [0.717, 1.165) is 12.8 Å². The van der Waals surface area contributed by atoms with Gasteiger partial charge in [0.1, 0.15) is 11.6 Å². The molecule has 0 saturated carbocycles. The second-order valence-electron chi connectivity index (χ2n) is 7.38. The van der Waals surface area contributed by atoms with Gasteiger partial charge in [-0.2, -0.15) is 10.2 Å². The number of benzene rings is 2. The highest BCUT2D eigenvalue weighted by Gasteiger charge is 2.29. The van der Waals surface area contributed by atoms with Crippen LogP contribution in [0.1, 0.15) is 46.4 Å². The van der Waals surface area contributed by atoms with Crippen LogP contribution in [0.3, 0.4) is 0 Å². The summed E-state index contributed by atoms with van der Waals surface area (Å²) in [6.45, 7) is 1.48. The Morgan fingerprint density at radius 3 is 2.94 bits per heavy atom. The van der Waals surface area contributed by atoms with E-state index < -0.39 is 0 Å². The SMILES string of the molecule is N#Cc1cccc(C(=O)N2CCCC(c3nc(CCOc4ccc(F)cc4)no3)C2)c1. The number of hydrogen-bond donors (Lipinski definition) is 0. The van der Waals surface area contributed by atoms with E-state index in [0.29, 0.717) is 54.7 Å². The number of aromatic nitrogens is 2. The molecule has 8 heteroatoms. The Morgan fingerprint density at radius 1 is 1.29 bits per heavy atom. The van der Waals surface area contributed by atoms with Crippen molar-refractivity contribution in [2.75, 3.05) is 19.7 Å². The van der Waals surface area contributed by atoms with Crippen LogP contribution in [-0.2, 0) is 6.42 Å². The third kappa shape index (κ3) is 5.07. The first-order valence-corrected chi connectivity index (χ1v) is 10.1. The Kier molecular flexibility index (Phi) is 6.22. The first-order valence-electron chi connectivity index (χ1n) is 10.1. The van der Waals surface area contributed by atoms with E-state index in [2.05, 4.69) is 16.2 Å². The summed E-state index contributed by atoms with van der Waals surface area (Å²) in [4.78, 5) is 19.1. The van der Waals surface area contributed by atoms with Gasteiger partial charge in [0.2, 0.25) is 5.89 Å². The number of carbonyl (C=O) groups excluding carboxylic acids is 1. The van der Waals surface area contributed by atoms with E-state index in [9.17, 15) is 9.18 Å². The van der Waals surface area contributed by atoms with Crippen molar-refractivity contribution in [2.24, 2.45) is 0 Å². The van der Waals surface area contributed by atoms with Gasteiger partial charge in [0.15, 0.2) is 5.82 Å². The summed E-state index contributed by atoms with van der Waals surface area (Å²) in [5.74, 6) is 1.17. The molecule has 0 aliphatic carbocycles. The van der Waals surface area contributed by atoms with E-state index in [-0.39, 0.29) is 17.6 Å². The molecule has 1 unspecified atom stereocenters. The van der Waals surface area contributed by atoms with E-state index in [1.807, 2.05) is 0 Å². The Bertz CT molecular complexity index is 1090. The van der Waals surface area contributed by atoms with Crippen LogP contribution in [0.25, 0.3) is 0 Å². The number of halogens is 1. The summed E-state index contributed by atoms with van der Waals surface area (Å²) in [6, 6.07) is 14.6. The molecule has 1 aliphatic rings. The number of hydrogen-bond acceptors (Lipinski definition) is 6. The van der Waals surface area contributed by atoms with E-state index in [4.69, 9.17) is 14.5 Å². The summed E-state index contributed by atoms with van der Waals surface area (Å²) in [5, 5.41) is 13.1. The molecular formula is C23H21FN4O3. The summed E-state index contributed by atoms with van der Waals surface area (Å²) in [5.41, 5.74) is 0.965. The lowest BCUT2D eigenvalue weighted by molar-refractivity contribution is 0.0695. The smallest absolute Gasteiger partial charge is 0.253 e. The molecule has 1 atom stereocenters. The van der Waals surface area contributed by atoms with Crippen molar-refractivity contribution in [1.82, 2.24) is 15.0 Å². The van der Waals surface area contributed by atoms with Gasteiger partial charge in [0.05, 0.1) is 24.2 Å². The van der Waals surface area contributed by atoms with Gasteiger partial charge in [-0.1, -0.05) is 11.2 Å². The molecule has 31 heavy (non-hydrogen) atoms. The lowest BCUT2D eigenvalue weighted by atomic mass is 9.97. The molecule has 7 nitrogen and oxygen atoms in total. The third-order valence-corrected chi connectivity index (χ3v) is 5.19. The fourth-order valence-corrected chi connectivity index (χ4v) is 3.59. The molecule has 0 radical (unpaired) electrons. The summed E-state index contributed by atoms with van der Waals surface area (Å²) in [6.07, 6.45) is 2.15. The van der Waals surface area contributed by atoms with Crippen molar-refractivity contribution >= 4 is 5.91 Å². The van der Waals surface area contributed by atoms with Gasteiger partial charge < -0.3 is 14.2 Å². The van der Waals surface area contributed by atoms with Crippen molar-refractivity contribution in [1.29, 1.82) is 5.26 Å². The fourth-order valence-electron chi connectivity index (χ4n) is 3.59. The van der Waals surface area contributed by atoms with Crippen LogP contribution in [0.2, 0.25) is 0 Å². The predicted octanol–water partition coefficient (Wildman–Crippen LogP) is 3.72. The number of nitrogens with zero attached hydrogens (tertiary/aromatic N) is 4. The molecule has 2 aromatic carbocycles. The zero-order valence-electron chi connectivity index (χ0n) is 16.8. The van der Waals surface area contributed by atoms with Gasteiger partial charge in [0, 0.05) is 25.1 Å². The van der Waals surface area contributed by atoms with Crippen LogP contribution in [0.5, 0.6) is 5.75 Å². The first kappa shape index (κ1) is 20.5. The maximum Gasteiger partial charge on any atom is 0.253 e. The monoisotopic (exact) mass is 420 g/mol. The van der Waals surface area contributed by atoms with Crippen LogP contribution in [0.15, 0.2) is 53.1 Å². The molecule has 2 heterocycles. The highest BCUT2D eigenvalue weighted by molar-refractivity contribution is 5.94. The molecule has 4 rings (SSSR count). The molecule has 0 N–H and O–H groups in total. The molecule has 1 aliphatic heterocycles. The second kappa shape index (κ2) is 9.39. The molecule has 1 fully saturated rings. The fraction of sp³-hybridized carbons (Fsp3) is 0.304. The van der Waals surface area contributed by atoms with Crippen molar-refractivity contribution < 1.29 is 18.4 Å². The normalized spacial score (nSPS) is 16.0. The molecule has 3 aromatic rings. The van der Waals surface area contributed by atoms with Gasteiger partial charge in [-0.3, -0.25) is 4.79 Å². The number of ether oxygens (including phenoxy) is 1. The minimum absolute atomic E-state index is 0.0314. The minimum Gasteiger partial charge on any atom is -0.493 e. The van der Waals surface area contributed by atoms with E-state index >= 15 is 0 Å². The maximum atomic E-state index is 12.9. The standard InChI is InChI=1S/C23H21FN4O3/c24-19-6-8-20(9-7-19)30-12-10-21-26-22(31-27-21)18-5-2-11-28(15-18)23(29)17-4-1-3-16(13-17)14-25/h1,3-4,6-9,13,18H,2,5,10-12,15H2. The Labute approximate surface area is 179 Å². The maximum absolute atomic E-state index is 12.9. The zero-order valence-corrected chi connectivity index (χ0v) is 16.8. The second-order valence-corrected chi connectivity index (χ2v) is 7.38. The Morgan fingerprint density at radius 2 is 2.13 bits per heavy atom. The quantitative estimate of drug-likeness (QED) is 0.603. The lowest BCUT2D eigenvalue weighted by Crippen LogP contribution is -2.39. The summed E-state index contributed by atoms with van der Waals surface area (Å²) < 4.78 is 24.0. The van der Waals surface area contributed by atoms with Crippen LogP contribution in [0, 0.1) is 17.1 Å². The largest absolute Gasteiger partial charge is 0.493 e. The average Bonchev–Trinajstić information content (AvgIpc) is 3.29. The average molecular weight is 420 g/mol. The van der Waals surface area contributed by atoms with Crippen molar-refractivity contribution in [3.63, 3.8) is 0 Å². The Hall–Kier alpha value is -3.73. The zero-order chi connectivity index (χ0) is 21.6.